The summed E-state index contributed by atoms with van der Waals surface area (Å²) in [5.41, 5.74) is 4.68. The van der Waals surface area contributed by atoms with Gasteiger partial charge in [-0.15, -0.1) is 0 Å². The molecule has 4 aromatic carbocycles. The van der Waals surface area contributed by atoms with Gasteiger partial charge in [0.2, 0.25) is 18.7 Å². The number of hydrogen-bond acceptors (Lipinski definition) is 16. The molecule has 15 nitrogen and oxygen atoms in total. The smallest absolute Gasteiger partial charge is 0.333 e. The fraction of sp³-hybridized carbons (Fsp3) is 0.320. The summed E-state index contributed by atoms with van der Waals surface area (Å²) in [5.74, 6) is 1.45. The third-order valence-corrected chi connectivity index (χ3v) is 12.2. The highest BCUT2D eigenvalue weighted by Crippen LogP contribution is 2.34. The highest BCUT2D eigenvalue weighted by molar-refractivity contribution is 7.22. The standard InChI is InChI=1S/C50H51N3O12S/c1-3-46(54)62-31-60-38-17-21-40(22-18-38)64-48(56)35-13-9-33(10-14-35)29-58-42-25-26-44(37(27-42)28-51-53-50-52-43-7-5-6-8-45(43)66-50)59-30-34-11-15-36(16-12-34)49(57)65-41-23-19-39(20-24-41)61-32-63-47(55)4-2/h3-8,17-28,33-36H,1-2,9-16,29-32H2,(H,52,53)/b51-28+. The SMILES string of the molecule is C=CC(=O)OCOc1ccc(OC(=O)C2CCC(COc3ccc(OCC4CCC(C(=O)Oc5ccc(OCOC(=O)C=C)cc5)CC4)c(/C=N/Nc4nc5ccccc5s4)c3)CC2)cc1. The molecule has 66 heavy (non-hydrogen) atoms. The summed E-state index contributed by atoms with van der Waals surface area (Å²) in [6.45, 7) is 7.14. The molecule has 0 bridgehead atoms. The van der Waals surface area contributed by atoms with E-state index in [1.165, 1.54) is 11.3 Å². The first-order valence-electron chi connectivity index (χ1n) is 21.7. The summed E-state index contributed by atoms with van der Waals surface area (Å²) >= 11 is 1.51. The first-order chi connectivity index (χ1) is 32.2. The van der Waals surface area contributed by atoms with Crippen LogP contribution in [0.15, 0.2) is 121 Å². The molecule has 2 fully saturated rings. The van der Waals surface area contributed by atoms with Crippen LogP contribution in [0.1, 0.15) is 56.9 Å². The molecule has 1 heterocycles. The molecule has 0 aliphatic heterocycles. The van der Waals surface area contributed by atoms with E-state index in [0.29, 0.717) is 78.5 Å². The Bertz CT molecular complexity index is 2440. The van der Waals surface area contributed by atoms with Crippen LogP contribution in [0.5, 0.6) is 34.5 Å². The van der Waals surface area contributed by atoms with Gasteiger partial charge in [0.05, 0.1) is 41.5 Å². The maximum atomic E-state index is 13.0. The van der Waals surface area contributed by atoms with Crippen LogP contribution in [-0.2, 0) is 28.7 Å². The van der Waals surface area contributed by atoms with Crippen LogP contribution in [0.2, 0.25) is 0 Å². The van der Waals surface area contributed by atoms with Crippen molar-refractivity contribution in [2.75, 3.05) is 32.2 Å². The van der Waals surface area contributed by atoms with Gasteiger partial charge in [0, 0.05) is 17.7 Å². The van der Waals surface area contributed by atoms with E-state index >= 15 is 0 Å². The number of para-hydroxylation sites is 1. The molecule has 1 aromatic heterocycles. The van der Waals surface area contributed by atoms with Crippen LogP contribution in [0, 0.1) is 23.7 Å². The van der Waals surface area contributed by atoms with Gasteiger partial charge in [-0.1, -0.05) is 36.6 Å². The average Bonchev–Trinajstić information content (AvgIpc) is 3.77. The monoisotopic (exact) mass is 917 g/mol. The lowest BCUT2D eigenvalue weighted by Crippen LogP contribution is -2.28. The van der Waals surface area contributed by atoms with E-state index in [-0.39, 0.29) is 49.2 Å². The average molecular weight is 918 g/mol. The van der Waals surface area contributed by atoms with Gasteiger partial charge in [0.25, 0.3) is 0 Å². The maximum Gasteiger partial charge on any atom is 0.333 e. The number of rotatable bonds is 21. The molecule has 2 aliphatic carbocycles. The van der Waals surface area contributed by atoms with Crippen molar-refractivity contribution in [3.63, 3.8) is 0 Å². The second kappa shape index (κ2) is 23.6. The molecule has 0 saturated heterocycles. The number of thiazole rings is 1. The normalized spacial score (nSPS) is 18.1. The van der Waals surface area contributed by atoms with Crippen LogP contribution in [0.3, 0.4) is 0 Å². The topological polar surface area (TPSA) is 179 Å². The molecule has 0 radical (unpaired) electrons. The number of carbonyl (C=O) groups excluding carboxylic acids is 4. The number of aromatic nitrogens is 1. The molecule has 0 amide bonds. The summed E-state index contributed by atoms with van der Waals surface area (Å²) in [7, 11) is 0. The minimum Gasteiger partial charge on any atom is -0.493 e. The molecule has 0 unspecified atom stereocenters. The van der Waals surface area contributed by atoms with Crippen molar-refractivity contribution in [2.45, 2.75) is 51.4 Å². The lowest BCUT2D eigenvalue weighted by Gasteiger charge is -2.27. The number of hydrazone groups is 1. The van der Waals surface area contributed by atoms with E-state index in [9.17, 15) is 19.2 Å². The fourth-order valence-corrected chi connectivity index (χ4v) is 8.33. The number of anilines is 1. The predicted octanol–water partition coefficient (Wildman–Crippen LogP) is 9.45. The van der Waals surface area contributed by atoms with Crippen molar-refractivity contribution < 1.29 is 57.1 Å². The van der Waals surface area contributed by atoms with E-state index in [1.807, 2.05) is 42.5 Å². The van der Waals surface area contributed by atoms with Gasteiger partial charge in [-0.25, -0.2) is 14.6 Å². The Kier molecular flexibility index (Phi) is 16.8. The molecular weight excluding hydrogens is 867 g/mol. The van der Waals surface area contributed by atoms with Crippen molar-refractivity contribution in [1.29, 1.82) is 0 Å². The van der Waals surface area contributed by atoms with Gasteiger partial charge in [-0.3, -0.25) is 15.0 Å². The van der Waals surface area contributed by atoms with E-state index in [2.05, 4.69) is 28.7 Å². The van der Waals surface area contributed by atoms with Crippen LogP contribution < -0.4 is 33.8 Å². The second-order valence-electron chi connectivity index (χ2n) is 15.8. The Balaban J connectivity index is 0.881. The molecule has 0 atom stereocenters. The lowest BCUT2D eigenvalue weighted by molar-refractivity contribution is -0.145. The minimum atomic E-state index is -0.583. The molecular formula is C50H51N3O12S. The number of carbonyl (C=O) groups is 4. The zero-order valence-corrected chi connectivity index (χ0v) is 37.1. The minimum absolute atomic E-state index is 0.212. The highest BCUT2D eigenvalue weighted by Gasteiger charge is 2.30. The number of nitrogens with one attached hydrogen (secondary N) is 1. The van der Waals surface area contributed by atoms with Crippen molar-refractivity contribution in [2.24, 2.45) is 28.8 Å². The first kappa shape index (κ1) is 46.8. The van der Waals surface area contributed by atoms with E-state index in [1.54, 1.807) is 54.7 Å². The van der Waals surface area contributed by atoms with Crippen molar-refractivity contribution in [1.82, 2.24) is 4.98 Å². The van der Waals surface area contributed by atoms with Crippen LogP contribution in [0.4, 0.5) is 5.13 Å². The number of benzene rings is 4. The van der Waals surface area contributed by atoms with Crippen LogP contribution in [0.25, 0.3) is 10.2 Å². The molecule has 0 spiro atoms. The highest BCUT2D eigenvalue weighted by atomic mass is 32.1. The first-order valence-corrected chi connectivity index (χ1v) is 22.5. The van der Waals surface area contributed by atoms with Gasteiger partial charge in [-0.05, 0) is 142 Å². The van der Waals surface area contributed by atoms with E-state index in [0.717, 1.165) is 53.6 Å². The number of fused-ring (bicyclic) bond motifs is 1. The lowest BCUT2D eigenvalue weighted by atomic mass is 9.82. The van der Waals surface area contributed by atoms with Crippen LogP contribution >= 0.6 is 11.3 Å². The molecule has 7 rings (SSSR count). The van der Waals surface area contributed by atoms with Gasteiger partial charge >= 0.3 is 23.9 Å². The zero-order chi connectivity index (χ0) is 46.1. The Morgan fingerprint density at radius 3 is 1.65 bits per heavy atom. The fourth-order valence-electron chi connectivity index (χ4n) is 7.51. The van der Waals surface area contributed by atoms with E-state index in [4.69, 9.17) is 37.9 Å². The molecule has 2 saturated carbocycles. The predicted molar refractivity (Wildman–Crippen MR) is 247 cm³/mol. The summed E-state index contributed by atoms with van der Waals surface area (Å²) in [4.78, 5) is 53.0. The summed E-state index contributed by atoms with van der Waals surface area (Å²) in [5, 5.41) is 5.18. The van der Waals surface area contributed by atoms with Crippen molar-refractivity contribution >= 4 is 56.8 Å². The largest absolute Gasteiger partial charge is 0.493 e. The molecule has 5 aromatic rings. The third kappa shape index (κ3) is 13.9. The number of nitrogens with zero attached hydrogens (tertiary/aromatic N) is 2. The van der Waals surface area contributed by atoms with E-state index < -0.39 is 11.9 Å². The second-order valence-corrected chi connectivity index (χ2v) is 16.8. The molecule has 344 valence electrons. The number of hydrogen-bond donors (Lipinski definition) is 1. The Labute approximate surface area is 386 Å². The molecule has 1 N–H and O–H groups in total. The molecule has 2 aliphatic rings. The Morgan fingerprint density at radius 2 is 1.12 bits per heavy atom. The Hall–Kier alpha value is -7.20. The van der Waals surface area contributed by atoms with Gasteiger partial charge in [0.15, 0.2) is 0 Å². The maximum absolute atomic E-state index is 13.0. The molecule has 16 heteroatoms. The summed E-state index contributed by atoms with van der Waals surface area (Å²) in [6.07, 6.45) is 9.81. The van der Waals surface area contributed by atoms with Crippen molar-refractivity contribution in [3.8, 4) is 34.5 Å². The quantitative estimate of drug-likeness (QED) is 0.0184. The van der Waals surface area contributed by atoms with Crippen molar-refractivity contribution in [3.05, 3.63) is 122 Å². The summed E-state index contributed by atoms with van der Waals surface area (Å²) in [6, 6.07) is 26.7. The summed E-state index contributed by atoms with van der Waals surface area (Å²) < 4.78 is 45.5. The zero-order valence-electron chi connectivity index (χ0n) is 36.3. The number of esters is 4. The number of ether oxygens (including phenoxy) is 8. The van der Waals surface area contributed by atoms with Crippen LogP contribution in [-0.4, -0.2) is 61.9 Å². The third-order valence-electron chi connectivity index (χ3n) is 11.2. The van der Waals surface area contributed by atoms with Gasteiger partial charge < -0.3 is 37.9 Å². The van der Waals surface area contributed by atoms with Gasteiger partial charge in [-0.2, -0.15) is 5.10 Å². The van der Waals surface area contributed by atoms with Gasteiger partial charge in [0.1, 0.15) is 34.5 Å². The Morgan fingerprint density at radius 1 is 0.621 bits per heavy atom.